The quantitative estimate of drug-likeness (QED) is 0.542. The van der Waals surface area contributed by atoms with E-state index in [9.17, 15) is 10.1 Å². The lowest BCUT2D eigenvalue weighted by Crippen LogP contribution is -2.14. The Morgan fingerprint density at radius 2 is 1.93 bits per heavy atom. The molecule has 0 aliphatic carbocycles. The number of hydrogen-bond acceptors (Lipinski definition) is 4. The molecule has 0 radical (unpaired) electrons. The summed E-state index contributed by atoms with van der Waals surface area (Å²) >= 11 is 4.73. The molecule has 0 fully saturated rings. The zero-order chi connectivity index (χ0) is 19.6. The van der Waals surface area contributed by atoms with Crippen molar-refractivity contribution in [3.05, 3.63) is 63.1 Å². The fraction of sp³-hybridized carbons (Fsp3) is 0.190. The number of carbonyl (C=O) groups is 1. The first-order valence-electron chi connectivity index (χ1n) is 8.38. The monoisotopic (exact) mass is 439 g/mol. The van der Waals surface area contributed by atoms with Crippen LogP contribution in [0.3, 0.4) is 0 Å². The van der Waals surface area contributed by atoms with E-state index in [2.05, 4.69) is 32.3 Å². The molecule has 6 heteroatoms. The highest BCUT2D eigenvalue weighted by molar-refractivity contribution is 9.10. The fourth-order valence-corrected chi connectivity index (χ4v) is 4.01. The standard InChI is InChI=1S/C21H18BrN3OS/c1-12-4-5-18(17(22)6-12)24-20(26)11-27-21-16(10-23)9-15-7-13(2)14(3)8-19(15)25-21/h4-9H,11H2,1-3H3,(H,24,26). The van der Waals surface area contributed by atoms with Gasteiger partial charge in [-0.15, -0.1) is 0 Å². The maximum Gasteiger partial charge on any atom is 0.234 e. The summed E-state index contributed by atoms with van der Waals surface area (Å²) in [5.74, 6) is 0.0358. The van der Waals surface area contributed by atoms with Gasteiger partial charge in [0.15, 0.2) is 0 Å². The number of amides is 1. The molecule has 0 aliphatic rings. The van der Waals surface area contributed by atoms with Crippen molar-refractivity contribution >= 4 is 50.2 Å². The number of nitrogens with one attached hydrogen (secondary N) is 1. The van der Waals surface area contributed by atoms with E-state index < -0.39 is 0 Å². The van der Waals surface area contributed by atoms with E-state index in [0.29, 0.717) is 10.6 Å². The van der Waals surface area contributed by atoms with Crippen molar-refractivity contribution in [1.82, 2.24) is 4.98 Å². The lowest BCUT2D eigenvalue weighted by molar-refractivity contribution is -0.113. The predicted octanol–water partition coefficient (Wildman–Crippen LogP) is 5.53. The lowest BCUT2D eigenvalue weighted by Gasteiger charge is -2.10. The summed E-state index contributed by atoms with van der Waals surface area (Å²) < 4.78 is 0.841. The molecule has 3 rings (SSSR count). The number of pyridine rings is 1. The summed E-state index contributed by atoms with van der Waals surface area (Å²) in [4.78, 5) is 16.9. The third-order valence-corrected chi connectivity index (χ3v) is 5.90. The van der Waals surface area contributed by atoms with Crippen LogP contribution in [0.2, 0.25) is 0 Å². The van der Waals surface area contributed by atoms with E-state index in [1.807, 2.05) is 57.2 Å². The van der Waals surface area contributed by atoms with E-state index in [1.165, 1.54) is 11.8 Å². The van der Waals surface area contributed by atoms with Gasteiger partial charge in [0.2, 0.25) is 5.91 Å². The lowest BCUT2D eigenvalue weighted by atomic mass is 10.1. The van der Waals surface area contributed by atoms with Crippen LogP contribution in [0, 0.1) is 32.1 Å². The Hall–Kier alpha value is -2.36. The fourth-order valence-electron chi connectivity index (χ4n) is 2.65. The first-order valence-corrected chi connectivity index (χ1v) is 10.2. The minimum atomic E-state index is -0.143. The van der Waals surface area contributed by atoms with Crippen LogP contribution >= 0.6 is 27.7 Å². The summed E-state index contributed by atoms with van der Waals surface area (Å²) in [5.41, 5.74) is 5.47. The second-order valence-corrected chi connectivity index (χ2v) is 8.22. The van der Waals surface area contributed by atoms with Crippen molar-refractivity contribution in [1.29, 1.82) is 5.26 Å². The van der Waals surface area contributed by atoms with Crippen molar-refractivity contribution in [3.63, 3.8) is 0 Å². The molecule has 1 heterocycles. The van der Waals surface area contributed by atoms with Crippen LogP contribution < -0.4 is 5.32 Å². The molecule has 0 aliphatic heterocycles. The number of hydrogen-bond donors (Lipinski definition) is 1. The van der Waals surface area contributed by atoms with E-state index in [1.54, 1.807) is 0 Å². The molecule has 0 spiro atoms. The van der Waals surface area contributed by atoms with Crippen molar-refractivity contribution in [3.8, 4) is 6.07 Å². The molecule has 27 heavy (non-hydrogen) atoms. The molecule has 3 aromatic rings. The first kappa shape index (κ1) is 19.4. The van der Waals surface area contributed by atoms with Gasteiger partial charge in [0.05, 0.1) is 22.5 Å². The molecular formula is C21H18BrN3OS. The Morgan fingerprint density at radius 3 is 2.63 bits per heavy atom. The predicted molar refractivity (Wildman–Crippen MR) is 114 cm³/mol. The van der Waals surface area contributed by atoms with Crippen LogP contribution in [0.25, 0.3) is 10.9 Å². The summed E-state index contributed by atoms with van der Waals surface area (Å²) in [7, 11) is 0. The molecule has 0 saturated heterocycles. The largest absolute Gasteiger partial charge is 0.324 e. The molecule has 1 amide bonds. The van der Waals surface area contributed by atoms with Gasteiger partial charge in [-0.2, -0.15) is 5.26 Å². The van der Waals surface area contributed by atoms with Crippen LogP contribution in [0.1, 0.15) is 22.3 Å². The molecule has 0 unspecified atom stereocenters. The van der Waals surface area contributed by atoms with Gasteiger partial charge in [-0.3, -0.25) is 4.79 Å². The van der Waals surface area contributed by atoms with E-state index >= 15 is 0 Å². The molecule has 1 aromatic heterocycles. The number of carbonyl (C=O) groups excluding carboxylic acids is 1. The smallest absolute Gasteiger partial charge is 0.234 e. The number of aryl methyl sites for hydroxylation is 3. The Kier molecular flexibility index (Phi) is 5.83. The number of anilines is 1. The normalized spacial score (nSPS) is 10.6. The minimum Gasteiger partial charge on any atom is -0.324 e. The number of rotatable bonds is 4. The van der Waals surface area contributed by atoms with Gasteiger partial charge in [-0.05, 0) is 83.7 Å². The third kappa shape index (κ3) is 4.49. The number of benzene rings is 2. The Balaban J connectivity index is 1.78. The number of thioether (sulfide) groups is 1. The van der Waals surface area contributed by atoms with Crippen molar-refractivity contribution in [2.45, 2.75) is 25.8 Å². The molecule has 0 atom stereocenters. The first-order chi connectivity index (χ1) is 12.9. The van der Waals surface area contributed by atoms with Gasteiger partial charge in [0.25, 0.3) is 0 Å². The molecule has 2 aromatic carbocycles. The highest BCUT2D eigenvalue weighted by atomic mass is 79.9. The number of halogens is 1. The number of aromatic nitrogens is 1. The summed E-state index contributed by atoms with van der Waals surface area (Å²) in [6.07, 6.45) is 0. The molecule has 0 bridgehead atoms. The highest BCUT2D eigenvalue weighted by Gasteiger charge is 2.12. The number of nitriles is 1. The van der Waals surface area contributed by atoms with Crippen LogP contribution in [-0.2, 0) is 4.79 Å². The van der Waals surface area contributed by atoms with Crippen molar-refractivity contribution in [2.24, 2.45) is 0 Å². The average molecular weight is 440 g/mol. The maximum absolute atomic E-state index is 12.3. The van der Waals surface area contributed by atoms with Crippen LogP contribution in [0.4, 0.5) is 5.69 Å². The second-order valence-electron chi connectivity index (χ2n) is 6.40. The molecule has 1 N–H and O–H groups in total. The Labute approximate surface area is 171 Å². The maximum atomic E-state index is 12.3. The molecular weight excluding hydrogens is 422 g/mol. The van der Waals surface area contributed by atoms with E-state index in [4.69, 9.17) is 0 Å². The minimum absolute atomic E-state index is 0.143. The summed E-state index contributed by atoms with van der Waals surface area (Å²) in [6.45, 7) is 6.07. The number of nitrogens with zero attached hydrogens (tertiary/aromatic N) is 2. The van der Waals surface area contributed by atoms with Crippen molar-refractivity contribution < 1.29 is 4.79 Å². The van der Waals surface area contributed by atoms with E-state index in [-0.39, 0.29) is 11.7 Å². The van der Waals surface area contributed by atoms with Crippen LogP contribution in [-0.4, -0.2) is 16.6 Å². The zero-order valence-electron chi connectivity index (χ0n) is 15.3. The van der Waals surface area contributed by atoms with Gasteiger partial charge in [0, 0.05) is 9.86 Å². The zero-order valence-corrected chi connectivity index (χ0v) is 17.7. The summed E-state index contributed by atoms with van der Waals surface area (Å²) in [6, 6.07) is 13.8. The Bertz CT molecular complexity index is 1090. The third-order valence-electron chi connectivity index (χ3n) is 4.25. The van der Waals surface area contributed by atoms with Crippen LogP contribution in [0.15, 0.2) is 45.9 Å². The van der Waals surface area contributed by atoms with Gasteiger partial charge >= 0.3 is 0 Å². The van der Waals surface area contributed by atoms with Gasteiger partial charge in [-0.1, -0.05) is 17.8 Å². The molecule has 0 saturated carbocycles. The molecule has 4 nitrogen and oxygen atoms in total. The average Bonchev–Trinajstić information content (AvgIpc) is 2.63. The molecule has 136 valence electrons. The Morgan fingerprint density at radius 1 is 1.19 bits per heavy atom. The second kappa shape index (κ2) is 8.12. The summed E-state index contributed by atoms with van der Waals surface area (Å²) in [5, 5.41) is 13.8. The van der Waals surface area contributed by atoms with Crippen LogP contribution in [0.5, 0.6) is 0 Å². The SMILES string of the molecule is Cc1ccc(NC(=O)CSc2nc3cc(C)c(C)cc3cc2C#N)c(Br)c1. The van der Waals surface area contributed by atoms with Gasteiger partial charge < -0.3 is 5.32 Å². The van der Waals surface area contributed by atoms with Crippen molar-refractivity contribution in [2.75, 3.05) is 11.1 Å². The van der Waals surface area contributed by atoms with Gasteiger partial charge in [0.1, 0.15) is 11.1 Å². The van der Waals surface area contributed by atoms with Gasteiger partial charge in [-0.25, -0.2) is 4.98 Å². The van der Waals surface area contributed by atoms with E-state index in [0.717, 1.165) is 37.8 Å². The highest BCUT2D eigenvalue weighted by Crippen LogP contribution is 2.27. The topological polar surface area (TPSA) is 65.8 Å². The number of fused-ring (bicyclic) bond motifs is 1.